The maximum absolute atomic E-state index is 12.4. The summed E-state index contributed by atoms with van der Waals surface area (Å²) in [6, 6.07) is 5.27. The first kappa shape index (κ1) is 12.4. The van der Waals surface area contributed by atoms with Crippen LogP contribution in [0.4, 0.5) is 0 Å². The number of ketones is 1. The van der Waals surface area contributed by atoms with Gasteiger partial charge in [-0.1, -0.05) is 31.4 Å². The molecule has 1 aromatic carbocycles. The van der Waals surface area contributed by atoms with Gasteiger partial charge in [0.2, 0.25) is 0 Å². The lowest BCUT2D eigenvalue weighted by Crippen LogP contribution is -2.24. The topological polar surface area (TPSA) is 26.3 Å². The molecule has 0 aliphatic heterocycles. The van der Waals surface area contributed by atoms with Crippen molar-refractivity contribution in [2.24, 2.45) is 5.41 Å². The van der Waals surface area contributed by atoms with Gasteiger partial charge in [-0.15, -0.1) is 0 Å². The summed E-state index contributed by atoms with van der Waals surface area (Å²) in [4.78, 5) is 12.4. The molecule has 0 aromatic heterocycles. The van der Waals surface area contributed by atoms with Crippen molar-refractivity contribution >= 4 is 17.4 Å². The first-order valence-corrected chi connectivity index (χ1v) is 6.33. The molecule has 0 heterocycles. The molecule has 2 nitrogen and oxygen atoms in total. The summed E-state index contributed by atoms with van der Waals surface area (Å²) in [5.41, 5.74) is 0.498. The molecule has 0 spiro atoms. The van der Waals surface area contributed by atoms with Gasteiger partial charge in [-0.25, -0.2) is 0 Å². The van der Waals surface area contributed by atoms with Crippen LogP contribution in [0.2, 0.25) is 5.02 Å². The van der Waals surface area contributed by atoms with E-state index in [1.54, 1.807) is 25.3 Å². The molecule has 3 heteroatoms. The number of rotatable bonds is 3. The van der Waals surface area contributed by atoms with Crippen molar-refractivity contribution in [3.63, 3.8) is 0 Å². The van der Waals surface area contributed by atoms with E-state index in [0.717, 1.165) is 25.7 Å². The molecule has 92 valence electrons. The molecule has 1 saturated carbocycles. The summed E-state index contributed by atoms with van der Waals surface area (Å²) in [6.45, 7) is 2.06. The minimum atomic E-state index is -0.197. The highest BCUT2D eigenvalue weighted by Crippen LogP contribution is 2.41. The summed E-state index contributed by atoms with van der Waals surface area (Å²) in [7, 11) is 1.57. The number of benzene rings is 1. The average Bonchev–Trinajstić information content (AvgIpc) is 2.76. The highest BCUT2D eigenvalue weighted by molar-refractivity contribution is 6.32. The summed E-state index contributed by atoms with van der Waals surface area (Å²) < 4.78 is 5.09. The monoisotopic (exact) mass is 252 g/mol. The van der Waals surface area contributed by atoms with E-state index in [1.807, 2.05) is 0 Å². The smallest absolute Gasteiger partial charge is 0.168 e. The Morgan fingerprint density at radius 3 is 2.53 bits per heavy atom. The molecular weight excluding hydrogens is 236 g/mol. The first-order chi connectivity index (χ1) is 8.07. The molecule has 0 unspecified atom stereocenters. The summed E-state index contributed by atoms with van der Waals surface area (Å²) in [5.74, 6) is 0.819. The van der Waals surface area contributed by atoms with E-state index in [4.69, 9.17) is 16.3 Å². The van der Waals surface area contributed by atoms with Crippen molar-refractivity contribution in [3.8, 4) is 5.75 Å². The molecule has 2 rings (SSSR count). The third kappa shape index (κ3) is 2.32. The number of hydrogen-bond donors (Lipinski definition) is 0. The van der Waals surface area contributed by atoms with Gasteiger partial charge < -0.3 is 4.74 Å². The van der Waals surface area contributed by atoms with E-state index in [1.165, 1.54) is 0 Å². The third-order valence-corrected chi connectivity index (χ3v) is 3.96. The Bertz CT molecular complexity index is 434. The second-order valence-corrected chi connectivity index (χ2v) is 5.35. The van der Waals surface area contributed by atoms with Gasteiger partial charge in [0.1, 0.15) is 5.75 Å². The second kappa shape index (κ2) is 4.69. The molecule has 1 aromatic rings. The van der Waals surface area contributed by atoms with Crippen LogP contribution in [0.3, 0.4) is 0 Å². The van der Waals surface area contributed by atoms with E-state index >= 15 is 0 Å². The van der Waals surface area contributed by atoms with E-state index in [0.29, 0.717) is 16.3 Å². The fourth-order valence-corrected chi connectivity index (χ4v) is 2.80. The van der Waals surface area contributed by atoms with Crippen LogP contribution in [-0.2, 0) is 0 Å². The predicted octanol–water partition coefficient (Wildman–Crippen LogP) is 4.11. The molecule has 0 N–H and O–H groups in total. The quantitative estimate of drug-likeness (QED) is 0.757. The Kier molecular flexibility index (Phi) is 3.43. The molecule has 1 fully saturated rings. The molecule has 17 heavy (non-hydrogen) atoms. The zero-order chi connectivity index (χ0) is 12.5. The van der Waals surface area contributed by atoms with Crippen LogP contribution in [0.15, 0.2) is 18.2 Å². The zero-order valence-electron chi connectivity index (χ0n) is 10.3. The van der Waals surface area contributed by atoms with Crippen LogP contribution < -0.4 is 4.74 Å². The van der Waals surface area contributed by atoms with Crippen molar-refractivity contribution in [1.82, 2.24) is 0 Å². The van der Waals surface area contributed by atoms with Crippen LogP contribution in [0.25, 0.3) is 0 Å². The van der Waals surface area contributed by atoms with Gasteiger partial charge in [-0.05, 0) is 31.0 Å². The van der Waals surface area contributed by atoms with Gasteiger partial charge in [0.25, 0.3) is 0 Å². The third-order valence-electron chi connectivity index (χ3n) is 3.67. The lowest BCUT2D eigenvalue weighted by Gasteiger charge is -2.21. The number of ether oxygens (including phenoxy) is 1. The highest BCUT2D eigenvalue weighted by atomic mass is 35.5. The lowest BCUT2D eigenvalue weighted by atomic mass is 9.81. The number of carbonyl (C=O) groups is 1. The molecule has 1 aliphatic rings. The van der Waals surface area contributed by atoms with Gasteiger partial charge in [0, 0.05) is 11.0 Å². The lowest BCUT2D eigenvalue weighted by molar-refractivity contribution is 0.0823. The largest absolute Gasteiger partial charge is 0.495 e. The Labute approximate surface area is 107 Å². The average molecular weight is 253 g/mol. The van der Waals surface area contributed by atoms with Crippen LogP contribution >= 0.6 is 11.6 Å². The van der Waals surface area contributed by atoms with Crippen molar-refractivity contribution in [3.05, 3.63) is 28.8 Å². The van der Waals surface area contributed by atoms with Gasteiger partial charge in [0.15, 0.2) is 5.78 Å². The summed E-state index contributed by atoms with van der Waals surface area (Å²) in [5, 5.41) is 0.500. The van der Waals surface area contributed by atoms with Crippen LogP contribution in [0.5, 0.6) is 5.75 Å². The molecular formula is C14H17ClO2. The molecule has 0 radical (unpaired) electrons. The standard InChI is InChI=1S/C14H17ClO2/c1-14(7-3-4-8-14)13(16)10-5-6-12(17-2)11(15)9-10/h5-6,9H,3-4,7-8H2,1-2H3. The molecule has 0 atom stereocenters. The fourth-order valence-electron chi connectivity index (χ4n) is 2.54. The number of halogens is 1. The second-order valence-electron chi connectivity index (χ2n) is 4.95. The summed E-state index contributed by atoms with van der Waals surface area (Å²) in [6.07, 6.45) is 4.25. The first-order valence-electron chi connectivity index (χ1n) is 5.95. The van der Waals surface area contributed by atoms with Gasteiger partial charge in [-0.3, -0.25) is 4.79 Å². The molecule has 1 aliphatic carbocycles. The number of methoxy groups -OCH3 is 1. The maximum atomic E-state index is 12.4. The van der Waals surface area contributed by atoms with Crippen molar-refractivity contribution < 1.29 is 9.53 Å². The van der Waals surface area contributed by atoms with Gasteiger partial charge in [-0.2, -0.15) is 0 Å². The Morgan fingerprint density at radius 2 is 2.00 bits per heavy atom. The van der Waals surface area contributed by atoms with E-state index < -0.39 is 0 Å². The van der Waals surface area contributed by atoms with Crippen molar-refractivity contribution in [2.75, 3.05) is 7.11 Å². The molecule has 0 amide bonds. The summed E-state index contributed by atoms with van der Waals surface area (Å²) >= 11 is 6.05. The molecule has 0 bridgehead atoms. The van der Waals surface area contributed by atoms with Crippen LogP contribution in [0, 0.1) is 5.41 Å². The predicted molar refractivity (Wildman–Crippen MR) is 68.9 cm³/mol. The van der Waals surface area contributed by atoms with E-state index in [9.17, 15) is 4.79 Å². The van der Waals surface area contributed by atoms with Crippen LogP contribution in [-0.4, -0.2) is 12.9 Å². The maximum Gasteiger partial charge on any atom is 0.168 e. The Balaban J connectivity index is 2.28. The van der Waals surface area contributed by atoms with Gasteiger partial charge in [0.05, 0.1) is 12.1 Å². The highest BCUT2D eigenvalue weighted by Gasteiger charge is 2.36. The minimum absolute atomic E-state index is 0.197. The van der Waals surface area contributed by atoms with E-state index in [2.05, 4.69) is 6.92 Å². The fraction of sp³-hybridized carbons (Fsp3) is 0.500. The van der Waals surface area contributed by atoms with Crippen molar-refractivity contribution in [2.45, 2.75) is 32.6 Å². The van der Waals surface area contributed by atoms with Gasteiger partial charge >= 0.3 is 0 Å². The van der Waals surface area contributed by atoms with E-state index in [-0.39, 0.29) is 11.2 Å². The molecule has 0 saturated heterocycles. The number of Topliss-reactive ketones (excluding diaryl/α,β-unsaturated/α-hetero) is 1. The normalized spacial score (nSPS) is 18.1. The Hall–Kier alpha value is -1.02. The number of hydrogen-bond acceptors (Lipinski definition) is 2. The van der Waals surface area contributed by atoms with Crippen molar-refractivity contribution in [1.29, 1.82) is 0 Å². The zero-order valence-corrected chi connectivity index (χ0v) is 11.0. The Morgan fingerprint density at radius 1 is 1.35 bits per heavy atom. The number of carbonyl (C=O) groups excluding carboxylic acids is 1. The SMILES string of the molecule is COc1ccc(C(=O)C2(C)CCCC2)cc1Cl. The minimum Gasteiger partial charge on any atom is -0.495 e. The van der Waals surface area contributed by atoms with Crippen LogP contribution in [0.1, 0.15) is 43.0 Å².